The van der Waals surface area contributed by atoms with E-state index in [4.69, 9.17) is 33.2 Å². The molecule has 4 saturated heterocycles. The van der Waals surface area contributed by atoms with Crippen LogP contribution in [0.15, 0.2) is 11.6 Å². The number of aliphatic hydroxyl groups excluding tert-OH is 10. The van der Waals surface area contributed by atoms with Crippen LogP contribution in [0.3, 0.4) is 0 Å². The van der Waals surface area contributed by atoms with Crippen LogP contribution in [0.1, 0.15) is 86.0 Å². The molecule has 0 unspecified atom stereocenters. The molecule has 0 amide bonds. The van der Waals surface area contributed by atoms with Gasteiger partial charge in [0.05, 0.1) is 44.2 Å². The Morgan fingerprint density at radius 1 is 0.823 bits per heavy atom. The third-order valence-corrected chi connectivity index (χ3v) is 17.1. The fourth-order valence-electron chi connectivity index (χ4n) is 13.3. The number of allylic oxidation sites excluding steroid dienone is 1. The molecule has 0 bridgehead atoms. The zero-order valence-corrected chi connectivity index (χ0v) is 36.4. The maximum Gasteiger partial charge on any atom is 0.187 e. The molecular formula is C44H72O18. The van der Waals surface area contributed by atoms with Crippen LogP contribution >= 0.6 is 0 Å². The Kier molecular flexibility index (Phi) is 13.7. The van der Waals surface area contributed by atoms with Gasteiger partial charge in [0.2, 0.25) is 0 Å². The minimum Gasteiger partial charge on any atom is -0.394 e. The first-order valence-electron chi connectivity index (χ1n) is 22.9. The molecule has 26 atom stereocenters. The van der Waals surface area contributed by atoms with Crippen molar-refractivity contribution in [3.8, 4) is 0 Å². The molecule has 0 aromatic rings. The molecule has 4 aliphatic heterocycles. The first-order valence-corrected chi connectivity index (χ1v) is 22.9. The molecule has 4 heterocycles. The summed E-state index contributed by atoms with van der Waals surface area (Å²) in [5.74, 6) is -0.790. The minimum absolute atomic E-state index is 0.0819. The highest BCUT2D eigenvalue weighted by atomic mass is 16.8. The smallest absolute Gasteiger partial charge is 0.187 e. The maximum atomic E-state index is 12.1. The highest BCUT2D eigenvalue weighted by Crippen LogP contribution is 2.70. The second-order valence-corrected chi connectivity index (χ2v) is 20.7. The van der Waals surface area contributed by atoms with Gasteiger partial charge < -0.3 is 89.3 Å². The van der Waals surface area contributed by atoms with Crippen molar-refractivity contribution in [2.45, 2.75) is 196 Å². The van der Waals surface area contributed by atoms with Crippen molar-refractivity contribution in [1.82, 2.24) is 0 Å². The SMILES string of the molecule is C[C@@H](CC[C@@]1(O)O[C@H]2C[C@H]3[C@@H]4CC=C5C[C@@H](O)C[C@@H](O[C@@H]6OC[C@H](O)[C@H](O)[C@H]6O[C@@H]6O[C@@H](C)[C@H](O)[C@@H](O)[C@H]6O)[C@]5(C)[C@H]4CC[C@]3(C)[C@H]2[C@@H]1C)CO[C@@H]1O[C@H](CO)[C@@H](O)[C@H](O)[C@H]1O. The van der Waals surface area contributed by atoms with E-state index in [0.29, 0.717) is 25.7 Å². The van der Waals surface area contributed by atoms with E-state index in [1.54, 1.807) is 0 Å². The van der Waals surface area contributed by atoms with Crippen LogP contribution < -0.4 is 0 Å². The van der Waals surface area contributed by atoms with Crippen LogP contribution in [0.2, 0.25) is 0 Å². The van der Waals surface area contributed by atoms with Gasteiger partial charge in [-0.1, -0.05) is 39.3 Å². The lowest BCUT2D eigenvalue weighted by Crippen LogP contribution is -2.63. The summed E-state index contributed by atoms with van der Waals surface area (Å²) in [5.41, 5.74) is 0.452. The molecule has 18 nitrogen and oxygen atoms in total. The molecule has 0 aromatic heterocycles. The molecular weight excluding hydrogens is 816 g/mol. The molecule has 3 saturated carbocycles. The van der Waals surface area contributed by atoms with Crippen LogP contribution in [-0.2, 0) is 33.2 Å². The van der Waals surface area contributed by atoms with E-state index in [-0.39, 0.29) is 60.2 Å². The molecule has 18 heteroatoms. The summed E-state index contributed by atoms with van der Waals surface area (Å²) < 4.78 is 42.5. The minimum atomic E-state index is -1.66. The van der Waals surface area contributed by atoms with Gasteiger partial charge in [-0.25, -0.2) is 0 Å². The summed E-state index contributed by atoms with van der Waals surface area (Å²) in [5, 5.41) is 117. The molecule has 0 spiro atoms. The average Bonchev–Trinajstić information content (AvgIpc) is 3.67. The third-order valence-electron chi connectivity index (χ3n) is 17.1. The number of rotatable bonds is 11. The van der Waals surface area contributed by atoms with Gasteiger partial charge in [-0.2, -0.15) is 0 Å². The molecule has 8 rings (SSSR count). The quantitative estimate of drug-likeness (QED) is 0.108. The normalized spacial score (nSPS) is 55.7. The number of hydrogen-bond acceptors (Lipinski definition) is 18. The van der Waals surface area contributed by atoms with Crippen molar-refractivity contribution < 1.29 is 89.3 Å². The summed E-state index contributed by atoms with van der Waals surface area (Å²) >= 11 is 0. The lowest BCUT2D eigenvalue weighted by Gasteiger charge is -2.60. The van der Waals surface area contributed by atoms with Crippen LogP contribution in [0.5, 0.6) is 0 Å². The van der Waals surface area contributed by atoms with Gasteiger partial charge in [0, 0.05) is 24.2 Å². The molecule has 4 aliphatic carbocycles. The molecule has 11 N–H and O–H groups in total. The van der Waals surface area contributed by atoms with E-state index in [2.05, 4.69) is 26.8 Å². The van der Waals surface area contributed by atoms with Crippen LogP contribution in [-0.4, -0.2) is 186 Å². The zero-order valence-electron chi connectivity index (χ0n) is 36.4. The maximum absolute atomic E-state index is 12.1. The average molecular weight is 889 g/mol. The van der Waals surface area contributed by atoms with E-state index in [9.17, 15) is 56.2 Å². The van der Waals surface area contributed by atoms with Crippen LogP contribution in [0, 0.1) is 46.3 Å². The molecule has 0 aromatic carbocycles. The number of hydrogen-bond donors (Lipinski definition) is 11. The standard InChI is InChI=1S/C44H72O18/c1-18(16-56-39-36(53)35(52)33(50)28(15-45)59-39)8-11-44(55)19(2)30-27(62-44)14-25-23-7-6-21-12-22(46)13-29(43(21,5)24(23)9-10-42(25,30)4)60-41-38(32(49)26(47)17-57-41)61-40-37(54)34(51)31(48)20(3)58-40/h6,18-20,22-41,45-55H,7-17H2,1-5H3/t18-,19-,20-,22+,23+,24-,25-,26-,27-,28+,29+,30-,31-,32-,33+,34+,35-,36+,37+,38+,39+,40-,41-,42-,43-,44+/m0/s1. The molecule has 8 aliphatic rings. The second-order valence-electron chi connectivity index (χ2n) is 20.7. The molecule has 62 heavy (non-hydrogen) atoms. The summed E-state index contributed by atoms with van der Waals surface area (Å²) in [6.45, 7) is 9.45. The lowest BCUT2D eigenvalue weighted by atomic mass is 9.46. The van der Waals surface area contributed by atoms with Crippen molar-refractivity contribution in [2.75, 3.05) is 19.8 Å². The first-order chi connectivity index (χ1) is 29.2. The number of ether oxygens (including phenoxy) is 7. The Bertz CT molecular complexity index is 1590. The highest BCUT2D eigenvalue weighted by Gasteiger charge is 2.69. The van der Waals surface area contributed by atoms with Gasteiger partial charge in [0.15, 0.2) is 24.7 Å². The van der Waals surface area contributed by atoms with Gasteiger partial charge >= 0.3 is 0 Å². The summed E-state index contributed by atoms with van der Waals surface area (Å²) in [4.78, 5) is 0. The van der Waals surface area contributed by atoms with Crippen molar-refractivity contribution in [2.24, 2.45) is 46.3 Å². The third kappa shape index (κ3) is 8.06. The van der Waals surface area contributed by atoms with Crippen molar-refractivity contribution in [1.29, 1.82) is 0 Å². The van der Waals surface area contributed by atoms with E-state index in [1.807, 2.05) is 6.92 Å². The Labute approximate surface area is 362 Å². The number of fused-ring (bicyclic) bond motifs is 7. The molecule has 356 valence electrons. The van der Waals surface area contributed by atoms with Crippen molar-refractivity contribution in [3.05, 3.63) is 11.6 Å². The van der Waals surface area contributed by atoms with Gasteiger partial charge in [-0.15, -0.1) is 0 Å². The number of aliphatic hydroxyl groups is 11. The first kappa shape index (κ1) is 47.5. The predicted octanol–water partition coefficient (Wildman–Crippen LogP) is -1.22. The van der Waals surface area contributed by atoms with Gasteiger partial charge in [0.25, 0.3) is 0 Å². The van der Waals surface area contributed by atoms with Crippen LogP contribution in [0.25, 0.3) is 0 Å². The van der Waals surface area contributed by atoms with E-state index in [1.165, 1.54) is 6.92 Å². The largest absolute Gasteiger partial charge is 0.394 e. The van der Waals surface area contributed by atoms with Gasteiger partial charge in [0.1, 0.15) is 61.0 Å². The van der Waals surface area contributed by atoms with E-state index in [0.717, 1.165) is 31.3 Å². The fourth-order valence-corrected chi connectivity index (χ4v) is 13.3. The molecule has 0 radical (unpaired) electrons. The van der Waals surface area contributed by atoms with Gasteiger partial charge in [-0.3, -0.25) is 0 Å². The fraction of sp³-hybridized carbons (Fsp3) is 0.955. The van der Waals surface area contributed by atoms with Crippen LogP contribution in [0.4, 0.5) is 0 Å². The zero-order chi connectivity index (χ0) is 44.8. The van der Waals surface area contributed by atoms with Crippen molar-refractivity contribution in [3.63, 3.8) is 0 Å². The van der Waals surface area contributed by atoms with Crippen molar-refractivity contribution >= 4 is 0 Å². The lowest BCUT2D eigenvalue weighted by molar-refractivity contribution is -0.362. The monoisotopic (exact) mass is 888 g/mol. The summed E-state index contributed by atoms with van der Waals surface area (Å²) in [7, 11) is 0. The Morgan fingerprint density at radius 2 is 1.53 bits per heavy atom. The summed E-state index contributed by atoms with van der Waals surface area (Å²) in [6.07, 6.45) is -13.2. The van der Waals surface area contributed by atoms with Gasteiger partial charge in [-0.05, 0) is 80.5 Å². The van der Waals surface area contributed by atoms with E-state index >= 15 is 0 Å². The Morgan fingerprint density at radius 3 is 2.26 bits per heavy atom. The summed E-state index contributed by atoms with van der Waals surface area (Å²) in [6, 6.07) is 0. The Hall–Kier alpha value is -0.980. The van der Waals surface area contributed by atoms with E-state index < -0.39 is 116 Å². The second kappa shape index (κ2) is 17.9. The topological polar surface area (TPSA) is 287 Å². The molecule has 7 fully saturated rings. The predicted molar refractivity (Wildman–Crippen MR) is 213 cm³/mol. The highest BCUT2D eigenvalue weighted by molar-refractivity contribution is 5.28. The Balaban J connectivity index is 0.935.